The summed E-state index contributed by atoms with van der Waals surface area (Å²) < 4.78 is 21.4. The van der Waals surface area contributed by atoms with Crippen molar-refractivity contribution in [2.45, 2.75) is 109 Å². The van der Waals surface area contributed by atoms with Crippen LogP contribution >= 0.6 is 0 Å². The number of aryl methyl sites for hydroxylation is 1. The first-order valence-corrected chi connectivity index (χ1v) is 14.7. The molecule has 2 saturated carbocycles. The number of fused-ring (bicyclic) bond motifs is 1. The molecule has 0 saturated heterocycles. The fourth-order valence-electron chi connectivity index (χ4n) is 7.13. The van der Waals surface area contributed by atoms with Gasteiger partial charge in [-0.05, 0) is 104 Å². The van der Waals surface area contributed by atoms with Crippen LogP contribution in [-0.2, 0) is 17.6 Å². The molecule has 0 bridgehead atoms. The van der Waals surface area contributed by atoms with Gasteiger partial charge in [-0.25, -0.2) is 4.39 Å². The number of hydrogen-bond donors (Lipinski definition) is 0. The first-order valence-electron chi connectivity index (χ1n) is 14.7. The zero-order valence-corrected chi connectivity index (χ0v) is 22.2. The highest BCUT2D eigenvalue weighted by Crippen LogP contribution is 2.45. The highest BCUT2D eigenvalue weighted by atomic mass is 19.1. The summed E-state index contributed by atoms with van der Waals surface area (Å²) in [7, 11) is 0. The second kappa shape index (κ2) is 11.5. The van der Waals surface area contributed by atoms with E-state index in [1.165, 1.54) is 43.2 Å². The van der Waals surface area contributed by atoms with Gasteiger partial charge in [0.1, 0.15) is 0 Å². The number of hydrogen-bond acceptors (Lipinski definition) is 2. The zero-order chi connectivity index (χ0) is 25.1. The van der Waals surface area contributed by atoms with Crippen LogP contribution in [0.2, 0.25) is 0 Å². The Morgan fingerprint density at radius 2 is 1.56 bits per heavy atom. The number of halogens is 1. The van der Waals surface area contributed by atoms with Crippen molar-refractivity contribution in [2.24, 2.45) is 17.8 Å². The Morgan fingerprint density at radius 1 is 0.861 bits per heavy atom. The molecule has 194 valence electrons. The van der Waals surface area contributed by atoms with E-state index in [9.17, 15) is 4.79 Å². The van der Waals surface area contributed by atoms with Gasteiger partial charge in [-0.2, -0.15) is 0 Å². The number of carbonyl (C=O) groups excluding carboxylic acids is 1. The number of rotatable bonds is 7. The van der Waals surface area contributed by atoms with Gasteiger partial charge in [0, 0.05) is 0 Å². The van der Waals surface area contributed by atoms with Crippen LogP contribution in [0.5, 0.6) is 5.75 Å². The molecule has 2 aromatic rings. The summed E-state index contributed by atoms with van der Waals surface area (Å²) >= 11 is 0. The lowest BCUT2D eigenvalue weighted by atomic mass is 9.72. The minimum absolute atomic E-state index is 0.107. The van der Waals surface area contributed by atoms with Crippen molar-refractivity contribution < 1.29 is 13.9 Å². The molecule has 0 spiro atoms. The molecular weight excluding hydrogens is 447 g/mol. The molecule has 0 N–H and O–H groups in total. The summed E-state index contributed by atoms with van der Waals surface area (Å²) in [5.41, 5.74) is 4.48. The summed E-state index contributed by atoms with van der Waals surface area (Å²) in [5.74, 6) is 1.58. The van der Waals surface area contributed by atoms with Crippen LogP contribution in [-0.4, -0.2) is 5.97 Å². The highest BCUT2D eigenvalue weighted by molar-refractivity contribution is 5.78. The molecule has 2 aromatic carbocycles. The first kappa shape index (κ1) is 25.5. The van der Waals surface area contributed by atoms with Crippen molar-refractivity contribution in [1.82, 2.24) is 0 Å². The van der Waals surface area contributed by atoms with Gasteiger partial charge in [-0.1, -0.05) is 75.9 Å². The minimum Gasteiger partial charge on any atom is -0.423 e. The Morgan fingerprint density at radius 3 is 2.22 bits per heavy atom. The zero-order valence-electron chi connectivity index (χ0n) is 22.2. The molecule has 1 atom stereocenters. The molecule has 0 amide bonds. The maximum Gasteiger partial charge on any atom is 0.315 e. The fourth-order valence-corrected chi connectivity index (χ4v) is 7.13. The van der Waals surface area contributed by atoms with E-state index in [2.05, 4.69) is 38.1 Å². The first-order chi connectivity index (χ1) is 17.6. The second-order valence-corrected chi connectivity index (χ2v) is 11.8. The summed E-state index contributed by atoms with van der Waals surface area (Å²) in [6.45, 7) is 4.49. The van der Waals surface area contributed by atoms with E-state index in [4.69, 9.17) is 4.74 Å². The van der Waals surface area contributed by atoms with E-state index in [-0.39, 0.29) is 29.4 Å². The standard InChI is InChI=1S/C33H43FO2/c1-3-5-6-23-9-11-24(12-10-23)25-15-17-26(18-16-25)29-20-19-28-21-30(33(35)36-32(28)31(29)34)27-13-7-22(4-2)8-14-27/h9-12,19-20,22,25-27,30H,3-8,13-18,21H2,1-2H3. The quantitative estimate of drug-likeness (QED) is 0.286. The number of unbranched alkanes of at least 4 members (excludes halogenated alkanes) is 1. The van der Waals surface area contributed by atoms with Crippen LogP contribution in [0.15, 0.2) is 36.4 Å². The lowest BCUT2D eigenvalue weighted by molar-refractivity contribution is -0.143. The van der Waals surface area contributed by atoms with Crippen LogP contribution in [0, 0.1) is 23.6 Å². The van der Waals surface area contributed by atoms with Gasteiger partial charge >= 0.3 is 5.97 Å². The molecule has 1 aliphatic heterocycles. The number of carbonyl (C=O) groups is 1. The topological polar surface area (TPSA) is 26.3 Å². The van der Waals surface area contributed by atoms with Crippen molar-refractivity contribution in [1.29, 1.82) is 0 Å². The van der Waals surface area contributed by atoms with Gasteiger partial charge in [0.2, 0.25) is 0 Å². The number of esters is 1. The third-order valence-corrected chi connectivity index (χ3v) is 9.63. The van der Waals surface area contributed by atoms with Crippen LogP contribution < -0.4 is 4.74 Å². The Balaban J connectivity index is 1.22. The fraction of sp³-hybridized carbons (Fsp3) is 0.606. The molecule has 2 aliphatic carbocycles. The van der Waals surface area contributed by atoms with E-state index in [0.29, 0.717) is 18.3 Å². The summed E-state index contributed by atoms with van der Waals surface area (Å²) in [6, 6.07) is 13.2. The van der Waals surface area contributed by atoms with E-state index in [1.54, 1.807) is 0 Å². The average molecular weight is 491 g/mol. The third kappa shape index (κ3) is 5.41. The largest absolute Gasteiger partial charge is 0.423 e. The maximum absolute atomic E-state index is 15.7. The van der Waals surface area contributed by atoms with Crippen molar-refractivity contribution in [2.75, 3.05) is 0 Å². The van der Waals surface area contributed by atoms with Gasteiger partial charge in [0.25, 0.3) is 0 Å². The van der Waals surface area contributed by atoms with Crippen molar-refractivity contribution >= 4 is 5.97 Å². The molecule has 36 heavy (non-hydrogen) atoms. The SMILES string of the molecule is CCCCc1ccc(C2CCC(c3ccc4c(c3F)OC(=O)C(C3CCC(CC)CC3)C4)CC2)cc1. The summed E-state index contributed by atoms with van der Waals surface area (Å²) in [4.78, 5) is 12.9. The lowest BCUT2D eigenvalue weighted by Crippen LogP contribution is -2.35. The predicted octanol–water partition coefficient (Wildman–Crippen LogP) is 8.90. The van der Waals surface area contributed by atoms with Crippen LogP contribution in [0.3, 0.4) is 0 Å². The normalized spacial score (nSPS) is 28.4. The molecule has 0 aromatic heterocycles. The van der Waals surface area contributed by atoms with E-state index in [1.807, 2.05) is 12.1 Å². The predicted molar refractivity (Wildman–Crippen MR) is 144 cm³/mol. The van der Waals surface area contributed by atoms with Gasteiger partial charge in [-0.3, -0.25) is 4.79 Å². The Kier molecular flexibility index (Phi) is 8.13. The van der Waals surface area contributed by atoms with Gasteiger partial charge < -0.3 is 4.74 Å². The maximum atomic E-state index is 15.7. The molecule has 5 rings (SSSR count). The molecule has 3 heteroatoms. The number of benzene rings is 2. The van der Waals surface area contributed by atoms with E-state index < -0.39 is 0 Å². The number of ether oxygens (including phenoxy) is 1. The van der Waals surface area contributed by atoms with Crippen LogP contribution in [0.4, 0.5) is 4.39 Å². The third-order valence-electron chi connectivity index (χ3n) is 9.63. The van der Waals surface area contributed by atoms with Gasteiger partial charge in [0.05, 0.1) is 5.92 Å². The Hall–Kier alpha value is -2.16. The molecular formula is C33H43FO2. The molecule has 1 unspecified atom stereocenters. The lowest BCUT2D eigenvalue weighted by Gasteiger charge is -2.35. The van der Waals surface area contributed by atoms with Gasteiger partial charge in [-0.15, -0.1) is 0 Å². The average Bonchev–Trinajstić information content (AvgIpc) is 2.93. The highest BCUT2D eigenvalue weighted by Gasteiger charge is 2.38. The minimum atomic E-state index is -0.280. The van der Waals surface area contributed by atoms with E-state index >= 15 is 4.39 Å². The Bertz CT molecular complexity index is 1030. The monoisotopic (exact) mass is 490 g/mol. The smallest absolute Gasteiger partial charge is 0.315 e. The molecule has 2 nitrogen and oxygen atoms in total. The summed E-state index contributed by atoms with van der Waals surface area (Å²) in [5, 5.41) is 0. The molecule has 0 radical (unpaired) electrons. The van der Waals surface area contributed by atoms with E-state index in [0.717, 1.165) is 62.0 Å². The molecule has 1 heterocycles. The Labute approximate surface area is 217 Å². The van der Waals surface area contributed by atoms with Crippen molar-refractivity contribution in [3.63, 3.8) is 0 Å². The van der Waals surface area contributed by atoms with Crippen LogP contribution in [0.25, 0.3) is 0 Å². The van der Waals surface area contributed by atoms with Crippen molar-refractivity contribution in [3.8, 4) is 5.75 Å². The second-order valence-electron chi connectivity index (χ2n) is 11.8. The van der Waals surface area contributed by atoms with Crippen molar-refractivity contribution in [3.05, 3.63) is 64.5 Å². The van der Waals surface area contributed by atoms with Crippen LogP contribution in [0.1, 0.15) is 119 Å². The van der Waals surface area contributed by atoms with Gasteiger partial charge in [0.15, 0.2) is 11.6 Å². The molecule has 3 aliphatic rings. The summed E-state index contributed by atoms with van der Waals surface area (Å²) in [6.07, 6.45) is 14.2. The molecule has 2 fully saturated rings.